The molecule has 0 aliphatic carbocycles. The lowest BCUT2D eigenvalue weighted by Crippen LogP contribution is -2.42. The van der Waals surface area contributed by atoms with Crippen LogP contribution in [0.15, 0.2) is 60.7 Å². The van der Waals surface area contributed by atoms with E-state index in [0.29, 0.717) is 12.1 Å². The number of amides is 2. The Bertz CT molecular complexity index is 1140. The van der Waals surface area contributed by atoms with Gasteiger partial charge >= 0.3 is 0 Å². The van der Waals surface area contributed by atoms with Gasteiger partial charge in [0.1, 0.15) is 12.3 Å². The molecule has 0 spiro atoms. The van der Waals surface area contributed by atoms with E-state index >= 15 is 0 Å². The zero-order valence-corrected chi connectivity index (χ0v) is 16.3. The highest BCUT2D eigenvalue weighted by Crippen LogP contribution is 2.58. The third-order valence-electron chi connectivity index (χ3n) is 6.49. The van der Waals surface area contributed by atoms with Crippen LogP contribution in [-0.4, -0.2) is 23.0 Å². The summed E-state index contributed by atoms with van der Waals surface area (Å²) in [6.45, 7) is 0.988. The molecular weight excluding hydrogens is 383 g/mol. The summed E-state index contributed by atoms with van der Waals surface area (Å²) in [6.07, 6.45) is 4.29. The first-order valence-corrected chi connectivity index (χ1v) is 9.84. The van der Waals surface area contributed by atoms with Crippen LogP contribution in [0.2, 0.25) is 0 Å². The zero-order chi connectivity index (χ0) is 21.1. The third-order valence-corrected chi connectivity index (χ3v) is 6.49. The van der Waals surface area contributed by atoms with Crippen LogP contribution >= 0.6 is 0 Å². The number of halogens is 1. The minimum Gasteiger partial charge on any atom is -0.359 e. The Kier molecular flexibility index (Phi) is 3.96. The van der Waals surface area contributed by atoms with Crippen molar-refractivity contribution in [1.82, 2.24) is 0 Å². The second-order valence-electron chi connectivity index (χ2n) is 8.29. The van der Waals surface area contributed by atoms with Crippen LogP contribution in [0.25, 0.3) is 0 Å². The van der Waals surface area contributed by atoms with Gasteiger partial charge < -0.3 is 4.74 Å². The van der Waals surface area contributed by atoms with Crippen LogP contribution in [-0.2, 0) is 27.4 Å². The molecule has 0 N–H and O–H groups in total. The monoisotopic (exact) mass is 402 g/mol. The third kappa shape index (κ3) is 2.42. The second kappa shape index (κ2) is 6.35. The summed E-state index contributed by atoms with van der Waals surface area (Å²) in [5.74, 6) is -1.97. The van der Waals surface area contributed by atoms with E-state index < -0.39 is 29.7 Å². The van der Waals surface area contributed by atoms with Crippen molar-refractivity contribution in [3.05, 3.63) is 77.4 Å². The van der Waals surface area contributed by atoms with Crippen molar-refractivity contribution in [2.24, 2.45) is 11.8 Å². The summed E-state index contributed by atoms with van der Waals surface area (Å²) in [5, 5.41) is 9.14. The molecule has 2 fully saturated rings. The number of fused-ring (bicyclic) bond motifs is 5. The molecular formula is C24H19FN2O3. The molecule has 0 saturated carbocycles. The number of nitriles is 1. The molecule has 3 aliphatic rings. The van der Waals surface area contributed by atoms with Crippen LogP contribution in [0.4, 0.5) is 10.1 Å². The van der Waals surface area contributed by atoms with Crippen LogP contribution in [0.5, 0.6) is 0 Å². The number of carbonyl (C=O) groups is 2. The van der Waals surface area contributed by atoms with Gasteiger partial charge in [-0.25, -0.2) is 9.29 Å². The van der Waals surface area contributed by atoms with Crippen molar-refractivity contribution in [2.45, 2.75) is 31.2 Å². The van der Waals surface area contributed by atoms with Gasteiger partial charge in [0.2, 0.25) is 11.8 Å². The number of carbonyl (C=O) groups excluding carboxylic acids is 2. The van der Waals surface area contributed by atoms with Gasteiger partial charge in [0, 0.05) is 12.0 Å². The summed E-state index contributed by atoms with van der Waals surface area (Å²) >= 11 is 0. The zero-order valence-electron chi connectivity index (χ0n) is 16.3. The Morgan fingerprint density at radius 1 is 1.10 bits per heavy atom. The molecule has 5 nitrogen and oxygen atoms in total. The molecule has 2 aromatic rings. The molecule has 6 heteroatoms. The molecule has 2 amide bonds. The molecule has 30 heavy (non-hydrogen) atoms. The molecule has 2 unspecified atom stereocenters. The SMILES string of the molecule is CC12C=CC(Cc3ccccc3)(O1)[C@@H]1C(=O)N(c3ccc(C#N)c(CF)c3)C(=O)[C@@H]12. The molecule has 2 bridgehead atoms. The van der Waals surface area contributed by atoms with E-state index in [9.17, 15) is 14.0 Å². The topological polar surface area (TPSA) is 70.4 Å². The van der Waals surface area contributed by atoms with Crippen molar-refractivity contribution < 1.29 is 18.7 Å². The van der Waals surface area contributed by atoms with E-state index in [0.717, 1.165) is 10.5 Å². The Morgan fingerprint density at radius 2 is 1.83 bits per heavy atom. The van der Waals surface area contributed by atoms with Crippen molar-refractivity contribution in [1.29, 1.82) is 5.26 Å². The highest BCUT2D eigenvalue weighted by Gasteiger charge is 2.72. The summed E-state index contributed by atoms with van der Waals surface area (Å²) in [5.41, 5.74) is -0.0881. The molecule has 2 aromatic carbocycles. The fourth-order valence-corrected chi connectivity index (χ4v) is 5.17. The number of nitrogens with zero attached hydrogens (tertiary/aromatic N) is 2. The van der Waals surface area contributed by atoms with Crippen molar-refractivity contribution in [3.8, 4) is 6.07 Å². The lowest BCUT2D eigenvalue weighted by atomic mass is 9.70. The number of imide groups is 1. The standard InChI is InChI=1S/C24H19FN2O3/c1-23-9-10-24(30-23,12-15-5-3-2-4-6-15)20-19(23)21(28)27(22(20)29)18-8-7-16(14-26)17(11-18)13-25/h2-11,19-20H,12-13H2,1H3/t19-,20+,23?,24?/m1/s1. The van der Waals surface area contributed by atoms with Gasteiger partial charge in [-0.1, -0.05) is 42.5 Å². The predicted octanol–water partition coefficient (Wildman–Crippen LogP) is 3.47. The lowest BCUT2D eigenvalue weighted by molar-refractivity contribution is -0.129. The van der Waals surface area contributed by atoms with E-state index in [4.69, 9.17) is 10.00 Å². The van der Waals surface area contributed by atoms with E-state index in [1.807, 2.05) is 55.5 Å². The maximum absolute atomic E-state index is 13.5. The molecule has 4 atom stereocenters. The van der Waals surface area contributed by atoms with Crippen LogP contribution < -0.4 is 4.90 Å². The molecule has 3 heterocycles. The fourth-order valence-electron chi connectivity index (χ4n) is 5.17. The molecule has 0 radical (unpaired) electrons. The maximum atomic E-state index is 13.5. The summed E-state index contributed by atoms with van der Waals surface area (Å²) in [7, 11) is 0. The van der Waals surface area contributed by atoms with Gasteiger partial charge in [0.15, 0.2) is 0 Å². The minimum absolute atomic E-state index is 0.162. The first kappa shape index (κ1) is 18.7. The first-order chi connectivity index (χ1) is 14.4. The number of ether oxygens (including phenoxy) is 1. The Morgan fingerprint density at radius 3 is 2.53 bits per heavy atom. The van der Waals surface area contributed by atoms with Gasteiger partial charge in [0.25, 0.3) is 0 Å². The quantitative estimate of drug-likeness (QED) is 0.580. The largest absolute Gasteiger partial charge is 0.359 e. The van der Waals surface area contributed by atoms with Crippen LogP contribution in [0.1, 0.15) is 23.6 Å². The van der Waals surface area contributed by atoms with E-state index in [2.05, 4.69) is 0 Å². The maximum Gasteiger partial charge on any atom is 0.241 e. The number of anilines is 1. The smallest absolute Gasteiger partial charge is 0.241 e. The van der Waals surface area contributed by atoms with E-state index in [-0.39, 0.29) is 22.9 Å². The number of rotatable bonds is 4. The number of alkyl halides is 1. The van der Waals surface area contributed by atoms with E-state index in [1.165, 1.54) is 18.2 Å². The lowest BCUT2D eigenvalue weighted by Gasteiger charge is -2.29. The average Bonchev–Trinajstić information content (AvgIpc) is 3.32. The van der Waals surface area contributed by atoms with Crippen LogP contribution in [0.3, 0.4) is 0 Å². The molecule has 5 rings (SSSR count). The summed E-state index contributed by atoms with van der Waals surface area (Å²) in [6, 6.07) is 16.1. The van der Waals surface area contributed by atoms with Crippen molar-refractivity contribution in [3.63, 3.8) is 0 Å². The number of hydrogen-bond acceptors (Lipinski definition) is 4. The van der Waals surface area contributed by atoms with Gasteiger partial charge in [-0.15, -0.1) is 0 Å². The number of hydrogen-bond donors (Lipinski definition) is 0. The minimum atomic E-state index is -0.891. The summed E-state index contributed by atoms with van der Waals surface area (Å²) < 4.78 is 19.7. The Balaban J connectivity index is 1.56. The van der Waals surface area contributed by atoms with Gasteiger partial charge in [-0.05, 0) is 30.7 Å². The average molecular weight is 402 g/mol. The Labute approximate surface area is 173 Å². The Hall–Kier alpha value is -3.30. The number of benzene rings is 2. The van der Waals surface area contributed by atoms with Crippen molar-refractivity contribution in [2.75, 3.05) is 4.90 Å². The van der Waals surface area contributed by atoms with Gasteiger partial charge in [-0.2, -0.15) is 5.26 Å². The summed E-state index contributed by atoms with van der Waals surface area (Å²) in [4.78, 5) is 28.0. The molecule has 3 aliphatic heterocycles. The van der Waals surface area contributed by atoms with Crippen LogP contribution in [0, 0.1) is 23.2 Å². The predicted molar refractivity (Wildman–Crippen MR) is 107 cm³/mol. The normalized spacial score (nSPS) is 31.3. The molecule has 0 aromatic heterocycles. The van der Waals surface area contributed by atoms with Crippen molar-refractivity contribution >= 4 is 17.5 Å². The van der Waals surface area contributed by atoms with Gasteiger partial charge in [-0.3, -0.25) is 9.59 Å². The molecule has 2 saturated heterocycles. The highest BCUT2D eigenvalue weighted by atomic mass is 19.1. The highest BCUT2D eigenvalue weighted by molar-refractivity contribution is 6.23. The van der Waals surface area contributed by atoms with Gasteiger partial charge in [0.05, 0.1) is 34.8 Å². The molecule has 150 valence electrons. The second-order valence-corrected chi connectivity index (χ2v) is 8.29. The first-order valence-electron chi connectivity index (χ1n) is 9.84. The van der Waals surface area contributed by atoms with E-state index in [1.54, 1.807) is 0 Å². The fraction of sp³-hybridized carbons (Fsp3) is 0.292.